The summed E-state index contributed by atoms with van der Waals surface area (Å²) in [6.07, 6.45) is 0. The largest absolute Gasteiger partial charge is 0.309 e. The molecule has 0 amide bonds. The highest BCUT2D eigenvalue weighted by Gasteiger charge is 2.37. The topological polar surface area (TPSA) is 30.7 Å². The molecule has 3 heteroatoms. The van der Waals surface area contributed by atoms with Crippen LogP contribution in [0.3, 0.4) is 0 Å². The van der Waals surface area contributed by atoms with Gasteiger partial charge in [0.05, 0.1) is 22.4 Å². The van der Waals surface area contributed by atoms with Crippen LogP contribution in [0, 0.1) is 0 Å². The number of aromatic nitrogens is 3. The van der Waals surface area contributed by atoms with Gasteiger partial charge in [-0.25, -0.2) is 9.97 Å². The van der Waals surface area contributed by atoms with Crippen LogP contribution in [0.4, 0.5) is 0 Å². The summed E-state index contributed by atoms with van der Waals surface area (Å²) in [5.74, 6) is 0.705. The van der Waals surface area contributed by atoms with Crippen LogP contribution >= 0.6 is 0 Å². The van der Waals surface area contributed by atoms with Gasteiger partial charge in [-0.3, -0.25) is 0 Å². The predicted molar refractivity (Wildman–Crippen MR) is 259 cm³/mol. The van der Waals surface area contributed by atoms with Gasteiger partial charge in [0.25, 0.3) is 0 Å². The Labute approximate surface area is 361 Å². The maximum atomic E-state index is 5.18. The zero-order valence-electron chi connectivity index (χ0n) is 34.5. The van der Waals surface area contributed by atoms with Crippen LogP contribution in [0.2, 0.25) is 0 Å². The van der Waals surface area contributed by atoms with Crippen molar-refractivity contribution >= 4 is 32.6 Å². The lowest BCUT2D eigenvalue weighted by molar-refractivity contribution is 0.661. The second-order valence-corrected chi connectivity index (χ2v) is 17.0. The number of para-hydroxylation sites is 2. The molecule has 0 unspecified atom stereocenters. The van der Waals surface area contributed by atoms with Crippen molar-refractivity contribution in [3.8, 4) is 73.0 Å². The van der Waals surface area contributed by atoms with Crippen molar-refractivity contribution < 1.29 is 0 Å². The van der Waals surface area contributed by atoms with Crippen molar-refractivity contribution in [3.05, 3.63) is 223 Å². The van der Waals surface area contributed by atoms with E-state index in [1.54, 1.807) is 0 Å². The number of hydrogen-bond acceptors (Lipinski definition) is 2. The summed E-state index contributed by atoms with van der Waals surface area (Å²) in [4.78, 5) is 10.4. The first-order chi connectivity index (χ1) is 30.5. The van der Waals surface area contributed by atoms with Crippen molar-refractivity contribution in [1.29, 1.82) is 0 Å². The maximum Gasteiger partial charge on any atom is 0.160 e. The fourth-order valence-corrected chi connectivity index (χ4v) is 9.93. The molecule has 0 aliphatic heterocycles. The second-order valence-electron chi connectivity index (χ2n) is 17.0. The van der Waals surface area contributed by atoms with Gasteiger partial charge in [0.15, 0.2) is 5.82 Å². The third-order valence-corrected chi connectivity index (χ3v) is 13.0. The third kappa shape index (κ3) is 5.73. The highest BCUT2D eigenvalue weighted by Crippen LogP contribution is 2.53. The Morgan fingerprint density at radius 3 is 1.65 bits per heavy atom. The van der Waals surface area contributed by atoms with E-state index in [1.807, 2.05) is 18.2 Å². The van der Waals surface area contributed by atoms with Crippen LogP contribution < -0.4 is 0 Å². The van der Waals surface area contributed by atoms with Crippen LogP contribution in [0.1, 0.15) is 25.0 Å². The third-order valence-electron chi connectivity index (χ3n) is 13.0. The number of benzene rings is 9. The Hall–Kier alpha value is -7.88. The van der Waals surface area contributed by atoms with E-state index in [1.165, 1.54) is 71.5 Å². The summed E-state index contributed by atoms with van der Waals surface area (Å²) in [5, 5.41) is 5.05. The molecule has 292 valence electrons. The zero-order chi connectivity index (χ0) is 41.4. The molecule has 0 atom stereocenters. The van der Waals surface area contributed by atoms with E-state index < -0.39 is 0 Å². The maximum absolute atomic E-state index is 5.18. The molecule has 0 saturated carbocycles. The monoisotopic (exact) mass is 791 g/mol. The lowest BCUT2D eigenvalue weighted by atomic mass is 9.81. The van der Waals surface area contributed by atoms with E-state index in [0.717, 1.165) is 39.3 Å². The number of hydrogen-bond donors (Lipinski definition) is 0. The van der Waals surface area contributed by atoms with Crippen molar-refractivity contribution in [3.63, 3.8) is 0 Å². The Kier molecular flexibility index (Phi) is 8.20. The van der Waals surface area contributed by atoms with Crippen LogP contribution in [-0.4, -0.2) is 14.5 Å². The quantitative estimate of drug-likeness (QED) is 0.168. The Morgan fingerprint density at radius 2 is 0.935 bits per heavy atom. The Morgan fingerprint density at radius 1 is 0.387 bits per heavy atom. The first-order valence-corrected chi connectivity index (χ1v) is 21.4. The van der Waals surface area contributed by atoms with Crippen molar-refractivity contribution in [2.75, 3.05) is 0 Å². The van der Waals surface area contributed by atoms with Gasteiger partial charge in [-0.1, -0.05) is 184 Å². The van der Waals surface area contributed by atoms with Gasteiger partial charge in [0, 0.05) is 38.6 Å². The van der Waals surface area contributed by atoms with Crippen molar-refractivity contribution in [2.24, 2.45) is 0 Å². The van der Waals surface area contributed by atoms with Gasteiger partial charge in [0.2, 0.25) is 0 Å². The normalized spacial score (nSPS) is 12.8. The average molecular weight is 792 g/mol. The number of fused-ring (bicyclic) bond motifs is 7. The van der Waals surface area contributed by atoms with Gasteiger partial charge in [0.1, 0.15) is 0 Å². The minimum absolute atomic E-state index is 0.0931. The Bertz CT molecular complexity index is 3510. The average Bonchev–Trinajstić information content (AvgIpc) is 3.79. The van der Waals surface area contributed by atoms with E-state index in [-0.39, 0.29) is 5.41 Å². The SMILES string of the molecule is CC1(C)c2cc3ccccc3cc2-c2c(-c3ccc(-c4cc(-c5ccc(-c6cccc7c6c6ccccc6n7-c6ccccc6)cc5)nc(-c5ccccc5)n4)cc3)cccc21. The molecule has 3 nitrogen and oxygen atoms in total. The van der Waals surface area contributed by atoms with Crippen LogP contribution in [-0.2, 0) is 5.41 Å². The molecule has 0 spiro atoms. The second kappa shape index (κ2) is 14.1. The van der Waals surface area contributed by atoms with Crippen LogP contribution in [0.5, 0.6) is 0 Å². The van der Waals surface area contributed by atoms with Gasteiger partial charge < -0.3 is 4.57 Å². The van der Waals surface area contributed by atoms with Gasteiger partial charge in [-0.05, 0) is 97.7 Å². The minimum Gasteiger partial charge on any atom is -0.309 e. The highest BCUT2D eigenvalue weighted by molar-refractivity contribution is 6.15. The summed E-state index contributed by atoms with van der Waals surface area (Å²) in [7, 11) is 0. The van der Waals surface area contributed by atoms with Gasteiger partial charge in [-0.2, -0.15) is 0 Å². The highest BCUT2D eigenvalue weighted by atomic mass is 15.0. The van der Waals surface area contributed by atoms with E-state index in [4.69, 9.17) is 9.97 Å². The van der Waals surface area contributed by atoms with Crippen LogP contribution in [0.25, 0.3) is 106 Å². The predicted octanol–water partition coefficient (Wildman–Crippen LogP) is 15.4. The molecule has 0 radical (unpaired) electrons. The molecule has 0 fully saturated rings. The molecular formula is C59H41N3. The number of nitrogens with zero attached hydrogens (tertiary/aromatic N) is 3. The molecule has 2 heterocycles. The molecule has 0 saturated heterocycles. The molecule has 11 aromatic rings. The molecular weight excluding hydrogens is 751 g/mol. The molecule has 0 N–H and O–H groups in total. The fourth-order valence-electron chi connectivity index (χ4n) is 9.93. The fraction of sp³-hybridized carbons (Fsp3) is 0.0508. The standard InChI is InChI=1S/C59H41N3/c1-59(2)50-24-13-22-46(56(50)49-35-43-17-9-10-18-44(43)36-51(49)59)38-27-31-40(32-28-38)52-37-53(61-58(60-52)42-15-5-3-6-16-42)41-33-29-39(30-34-41)47-23-14-26-55-57(47)48-21-11-12-25-54(48)62(55)45-19-7-4-8-20-45/h3-37H,1-2H3. The van der Waals surface area contributed by atoms with Gasteiger partial charge >= 0.3 is 0 Å². The summed E-state index contributed by atoms with van der Waals surface area (Å²) < 4.78 is 2.37. The summed E-state index contributed by atoms with van der Waals surface area (Å²) >= 11 is 0. The number of rotatable bonds is 6. The van der Waals surface area contributed by atoms with Gasteiger partial charge in [-0.15, -0.1) is 0 Å². The van der Waals surface area contributed by atoms with Crippen molar-refractivity contribution in [2.45, 2.75) is 19.3 Å². The smallest absolute Gasteiger partial charge is 0.160 e. The summed E-state index contributed by atoms with van der Waals surface area (Å²) in [6.45, 7) is 4.71. The molecule has 12 rings (SSSR count). The molecule has 9 aromatic carbocycles. The van der Waals surface area contributed by atoms with E-state index in [0.29, 0.717) is 5.82 Å². The van der Waals surface area contributed by atoms with E-state index in [9.17, 15) is 0 Å². The lowest BCUT2D eigenvalue weighted by Gasteiger charge is -2.22. The molecule has 2 aromatic heterocycles. The Balaban J connectivity index is 0.934. The van der Waals surface area contributed by atoms with E-state index in [2.05, 4.69) is 213 Å². The molecule has 1 aliphatic rings. The zero-order valence-corrected chi connectivity index (χ0v) is 34.5. The molecule has 62 heavy (non-hydrogen) atoms. The minimum atomic E-state index is -0.0931. The first kappa shape index (κ1) is 36.0. The first-order valence-electron chi connectivity index (χ1n) is 21.4. The summed E-state index contributed by atoms with van der Waals surface area (Å²) in [5.41, 5.74) is 18.5. The van der Waals surface area contributed by atoms with E-state index >= 15 is 0 Å². The molecule has 0 bridgehead atoms. The van der Waals surface area contributed by atoms with Crippen LogP contribution in [0.15, 0.2) is 212 Å². The van der Waals surface area contributed by atoms with Crippen molar-refractivity contribution in [1.82, 2.24) is 14.5 Å². The lowest BCUT2D eigenvalue weighted by Crippen LogP contribution is -2.14. The summed E-state index contributed by atoms with van der Waals surface area (Å²) in [6, 6.07) is 76.5. The molecule has 1 aliphatic carbocycles.